The van der Waals surface area contributed by atoms with Gasteiger partial charge in [-0.3, -0.25) is 4.79 Å². The fourth-order valence-corrected chi connectivity index (χ4v) is 5.65. The average Bonchev–Trinajstić information content (AvgIpc) is 2.78. The van der Waals surface area contributed by atoms with Crippen molar-refractivity contribution in [3.8, 4) is 5.75 Å². The normalized spacial score (nSPS) is 20.8. The topological polar surface area (TPSA) is 110 Å². The molecule has 1 aliphatic heterocycles. The predicted octanol–water partition coefficient (Wildman–Crippen LogP) is 2.62. The van der Waals surface area contributed by atoms with E-state index in [2.05, 4.69) is 17.4 Å². The van der Waals surface area contributed by atoms with Crippen molar-refractivity contribution >= 4 is 17.7 Å². The van der Waals surface area contributed by atoms with Gasteiger partial charge in [-0.05, 0) is 60.9 Å². The SMILES string of the molecule is Cc1cc(O)c([C@H]2C[C@@H](O)C[C@@H](CO)S2)cc1Cc1ccc(CCC(=O)NCCO)cc1. The molecule has 2 aromatic rings. The van der Waals surface area contributed by atoms with Crippen LogP contribution in [0.25, 0.3) is 0 Å². The zero-order valence-corrected chi connectivity index (χ0v) is 19.3. The van der Waals surface area contributed by atoms with Crippen molar-refractivity contribution in [2.75, 3.05) is 19.8 Å². The van der Waals surface area contributed by atoms with Crippen LogP contribution >= 0.6 is 11.8 Å². The first-order chi connectivity index (χ1) is 15.4. The average molecular weight is 460 g/mol. The third kappa shape index (κ3) is 6.72. The standard InChI is InChI=1S/C25H33NO5S/c1-16-10-23(30)22(24-14-20(29)13-21(15-28)32-24)12-19(16)11-18-4-2-17(3-5-18)6-7-25(31)26-8-9-27/h2-5,10,12,20-21,24,27-30H,6-9,11,13-15H2,1H3,(H,26,31)/t20-,21-,24+/m0/s1. The summed E-state index contributed by atoms with van der Waals surface area (Å²) in [5.74, 6) is 0.175. The second kappa shape index (κ2) is 11.7. The van der Waals surface area contributed by atoms with Crippen LogP contribution in [-0.4, -0.2) is 57.4 Å². The van der Waals surface area contributed by atoms with Crippen molar-refractivity contribution in [1.29, 1.82) is 0 Å². The predicted molar refractivity (Wildman–Crippen MR) is 127 cm³/mol. The zero-order valence-electron chi connectivity index (χ0n) is 18.5. The molecule has 0 spiro atoms. The molecule has 0 unspecified atom stereocenters. The Hall–Kier alpha value is -2.06. The van der Waals surface area contributed by atoms with Gasteiger partial charge in [-0.25, -0.2) is 0 Å². The third-order valence-electron chi connectivity index (χ3n) is 5.91. The second-order valence-electron chi connectivity index (χ2n) is 8.46. The van der Waals surface area contributed by atoms with Crippen LogP contribution in [0.3, 0.4) is 0 Å². The molecule has 0 radical (unpaired) electrons. The minimum absolute atomic E-state index is 0.0210. The van der Waals surface area contributed by atoms with Crippen LogP contribution in [0, 0.1) is 6.92 Å². The number of aromatic hydroxyl groups is 1. The van der Waals surface area contributed by atoms with Crippen LogP contribution in [0.4, 0.5) is 0 Å². The molecule has 5 N–H and O–H groups in total. The molecule has 32 heavy (non-hydrogen) atoms. The molecule has 3 atom stereocenters. The Balaban J connectivity index is 1.68. The van der Waals surface area contributed by atoms with Gasteiger partial charge in [-0.1, -0.05) is 30.3 Å². The lowest BCUT2D eigenvalue weighted by Crippen LogP contribution is -2.26. The Morgan fingerprint density at radius 1 is 1.12 bits per heavy atom. The fraction of sp³-hybridized carbons (Fsp3) is 0.480. The summed E-state index contributed by atoms with van der Waals surface area (Å²) < 4.78 is 0. The first-order valence-corrected chi connectivity index (χ1v) is 12.1. The minimum atomic E-state index is -0.471. The van der Waals surface area contributed by atoms with Crippen LogP contribution in [0.5, 0.6) is 5.75 Å². The van der Waals surface area contributed by atoms with Crippen LogP contribution in [0.1, 0.15) is 52.3 Å². The molecule has 0 bridgehead atoms. The quantitative estimate of drug-likeness (QED) is 0.394. The monoisotopic (exact) mass is 459 g/mol. The summed E-state index contributed by atoms with van der Waals surface area (Å²) in [4.78, 5) is 11.7. The van der Waals surface area contributed by atoms with Crippen molar-refractivity contribution in [2.24, 2.45) is 0 Å². The molecule has 3 rings (SSSR count). The molecule has 1 saturated heterocycles. The maximum Gasteiger partial charge on any atom is 0.220 e. The number of benzene rings is 2. The van der Waals surface area contributed by atoms with Gasteiger partial charge in [0, 0.05) is 29.0 Å². The highest BCUT2D eigenvalue weighted by Gasteiger charge is 2.30. The molecule has 0 aromatic heterocycles. The Kier molecular flexibility index (Phi) is 8.99. The van der Waals surface area contributed by atoms with Crippen LogP contribution in [-0.2, 0) is 17.6 Å². The highest BCUT2D eigenvalue weighted by molar-refractivity contribution is 8.00. The molecule has 1 amide bonds. The number of aryl methyl sites for hydroxylation is 2. The van der Waals surface area contributed by atoms with E-state index in [0.29, 0.717) is 25.7 Å². The number of hydrogen-bond acceptors (Lipinski definition) is 6. The van der Waals surface area contributed by atoms with Crippen LogP contribution < -0.4 is 5.32 Å². The number of nitrogens with one attached hydrogen (secondary N) is 1. The summed E-state index contributed by atoms with van der Waals surface area (Å²) >= 11 is 1.62. The van der Waals surface area contributed by atoms with Crippen molar-refractivity contribution < 1.29 is 25.2 Å². The number of thioether (sulfide) groups is 1. The van der Waals surface area contributed by atoms with Crippen molar-refractivity contribution in [3.63, 3.8) is 0 Å². The van der Waals surface area contributed by atoms with E-state index < -0.39 is 6.10 Å². The molecule has 1 fully saturated rings. The Bertz CT molecular complexity index is 902. The Morgan fingerprint density at radius 3 is 2.53 bits per heavy atom. The maximum absolute atomic E-state index is 11.7. The molecule has 174 valence electrons. The first-order valence-electron chi connectivity index (χ1n) is 11.1. The summed E-state index contributed by atoms with van der Waals surface area (Å²) in [5.41, 5.74) is 5.17. The van der Waals surface area contributed by atoms with Gasteiger partial charge in [0.1, 0.15) is 5.75 Å². The molecule has 2 aromatic carbocycles. The number of rotatable bonds is 9. The number of carbonyl (C=O) groups is 1. The molecule has 1 aliphatic rings. The van der Waals surface area contributed by atoms with E-state index in [1.807, 2.05) is 25.1 Å². The molecular formula is C25H33NO5S. The van der Waals surface area contributed by atoms with E-state index in [1.165, 1.54) is 0 Å². The van der Waals surface area contributed by atoms with Gasteiger partial charge in [0.25, 0.3) is 0 Å². The van der Waals surface area contributed by atoms with E-state index >= 15 is 0 Å². The van der Waals surface area contributed by atoms with Gasteiger partial charge in [-0.15, -0.1) is 11.8 Å². The summed E-state index contributed by atoms with van der Waals surface area (Å²) in [5, 5.41) is 41.7. The van der Waals surface area contributed by atoms with Crippen LogP contribution in [0.2, 0.25) is 0 Å². The van der Waals surface area contributed by atoms with Crippen LogP contribution in [0.15, 0.2) is 36.4 Å². The summed E-state index contributed by atoms with van der Waals surface area (Å²) in [7, 11) is 0. The number of hydrogen-bond donors (Lipinski definition) is 5. The summed E-state index contributed by atoms with van der Waals surface area (Å²) in [6, 6.07) is 12.0. The highest BCUT2D eigenvalue weighted by Crippen LogP contribution is 2.46. The Labute approximate surface area is 193 Å². The summed E-state index contributed by atoms with van der Waals surface area (Å²) in [6.07, 6.45) is 2.43. The first kappa shape index (κ1) is 24.6. The lowest BCUT2D eigenvalue weighted by molar-refractivity contribution is -0.121. The lowest BCUT2D eigenvalue weighted by Gasteiger charge is -2.32. The number of aliphatic hydroxyl groups excluding tert-OH is 3. The van der Waals surface area contributed by atoms with E-state index in [0.717, 1.165) is 34.2 Å². The van der Waals surface area contributed by atoms with Gasteiger partial charge in [0.15, 0.2) is 0 Å². The third-order valence-corrected chi connectivity index (χ3v) is 7.41. The number of phenols is 1. The number of aliphatic hydroxyl groups is 3. The largest absolute Gasteiger partial charge is 0.508 e. The van der Waals surface area contributed by atoms with Gasteiger partial charge in [0.2, 0.25) is 5.91 Å². The second-order valence-corrected chi connectivity index (χ2v) is 9.97. The minimum Gasteiger partial charge on any atom is -0.508 e. The molecule has 7 heteroatoms. The van der Waals surface area contributed by atoms with E-state index in [4.69, 9.17) is 5.11 Å². The highest BCUT2D eigenvalue weighted by atomic mass is 32.2. The van der Waals surface area contributed by atoms with Crippen molar-refractivity contribution in [1.82, 2.24) is 5.32 Å². The lowest BCUT2D eigenvalue weighted by atomic mass is 9.94. The van der Waals surface area contributed by atoms with Gasteiger partial charge < -0.3 is 25.7 Å². The molecule has 0 saturated carbocycles. The van der Waals surface area contributed by atoms with E-state index in [9.17, 15) is 20.1 Å². The van der Waals surface area contributed by atoms with Crippen molar-refractivity contribution in [3.05, 3.63) is 64.2 Å². The van der Waals surface area contributed by atoms with E-state index in [1.54, 1.807) is 17.8 Å². The van der Waals surface area contributed by atoms with Gasteiger partial charge >= 0.3 is 0 Å². The molecule has 1 heterocycles. The number of carbonyl (C=O) groups excluding carboxylic acids is 1. The smallest absolute Gasteiger partial charge is 0.220 e. The zero-order chi connectivity index (χ0) is 23.1. The van der Waals surface area contributed by atoms with Gasteiger partial charge in [-0.2, -0.15) is 0 Å². The van der Waals surface area contributed by atoms with E-state index in [-0.39, 0.29) is 41.9 Å². The van der Waals surface area contributed by atoms with Gasteiger partial charge in [0.05, 0.1) is 19.3 Å². The number of amides is 1. The molecular weight excluding hydrogens is 426 g/mol. The van der Waals surface area contributed by atoms with Crippen molar-refractivity contribution in [2.45, 2.75) is 55.6 Å². The molecule has 0 aliphatic carbocycles. The molecule has 6 nitrogen and oxygen atoms in total. The summed E-state index contributed by atoms with van der Waals surface area (Å²) in [6.45, 7) is 2.23. The Morgan fingerprint density at radius 2 is 1.84 bits per heavy atom. The fourth-order valence-electron chi connectivity index (χ4n) is 4.10. The maximum atomic E-state index is 11.7. The number of phenolic OH excluding ortho intramolecular Hbond substituents is 1.